The Labute approximate surface area is 119 Å². The lowest BCUT2D eigenvalue weighted by molar-refractivity contribution is 0.335. The van der Waals surface area contributed by atoms with Crippen molar-refractivity contribution in [2.45, 2.75) is 46.6 Å². The Hall–Kier alpha value is -0.860. The minimum Gasteiger partial charge on any atom is -0.312 e. The van der Waals surface area contributed by atoms with Crippen molar-refractivity contribution in [2.75, 3.05) is 27.2 Å². The topological polar surface area (TPSA) is 15.3 Å². The molecule has 0 amide bonds. The van der Waals surface area contributed by atoms with Crippen LogP contribution in [-0.4, -0.2) is 38.1 Å². The number of hydrogen-bond acceptors (Lipinski definition) is 2. The molecule has 0 aliphatic rings. The van der Waals surface area contributed by atoms with Gasteiger partial charge in [0.15, 0.2) is 0 Å². The van der Waals surface area contributed by atoms with E-state index in [9.17, 15) is 0 Å². The molecule has 1 unspecified atom stereocenters. The third-order valence-electron chi connectivity index (χ3n) is 3.56. The van der Waals surface area contributed by atoms with E-state index in [-0.39, 0.29) is 0 Å². The molecule has 0 saturated heterocycles. The number of nitrogens with one attached hydrogen (secondary N) is 1. The quantitative estimate of drug-likeness (QED) is 0.812. The highest BCUT2D eigenvalue weighted by Crippen LogP contribution is 2.18. The van der Waals surface area contributed by atoms with Gasteiger partial charge in [0.1, 0.15) is 0 Å². The Bertz CT molecular complexity index is 373. The summed E-state index contributed by atoms with van der Waals surface area (Å²) in [6.07, 6.45) is 2.31. The van der Waals surface area contributed by atoms with E-state index in [0.717, 1.165) is 19.5 Å². The van der Waals surface area contributed by atoms with E-state index >= 15 is 0 Å². The van der Waals surface area contributed by atoms with Crippen LogP contribution in [0.3, 0.4) is 0 Å². The molecular weight excluding hydrogens is 232 g/mol. The van der Waals surface area contributed by atoms with Crippen molar-refractivity contribution in [3.05, 3.63) is 34.4 Å². The first-order valence-corrected chi connectivity index (χ1v) is 7.38. The monoisotopic (exact) mass is 262 g/mol. The van der Waals surface area contributed by atoms with Gasteiger partial charge in [0.05, 0.1) is 0 Å². The highest BCUT2D eigenvalue weighted by Gasteiger charge is 2.13. The number of aryl methyl sites for hydroxylation is 3. The van der Waals surface area contributed by atoms with Gasteiger partial charge in [-0.25, -0.2) is 0 Å². The van der Waals surface area contributed by atoms with Crippen LogP contribution in [-0.2, 0) is 6.42 Å². The molecule has 1 N–H and O–H groups in total. The van der Waals surface area contributed by atoms with Gasteiger partial charge in [0, 0.05) is 12.6 Å². The lowest BCUT2D eigenvalue weighted by Gasteiger charge is -2.24. The minimum absolute atomic E-state index is 0.537. The smallest absolute Gasteiger partial charge is 0.0235 e. The van der Waals surface area contributed by atoms with Gasteiger partial charge in [0.2, 0.25) is 0 Å². The summed E-state index contributed by atoms with van der Waals surface area (Å²) < 4.78 is 0. The summed E-state index contributed by atoms with van der Waals surface area (Å²) in [5.41, 5.74) is 5.74. The van der Waals surface area contributed by atoms with E-state index < -0.39 is 0 Å². The van der Waals surface area contributed by atoms with Crippen molar-refractivity contribution in [3.8, 4) is 0 Å². The molecule has 0 fully saturated rings. The van der Waals surface area contributed by atoms with Gasteiger partial charge in [-0.05, 0) is 70.9 Å². The van der Waals surface area contributed by atoms with Crippen LogP contribution < -0.4 is 5.32 Å². The average molecular weight is 262 g/mol. The maximum Gasteiger partial charge on any atom is 0.0235 e. The van der Waals surface area contributed by atoms with Crippen LogP contribution in [0, 0.1) is 20.8 Å². The van der Waals surface area contributed by atoms with Crippen molar-refractivity contribution in [3.63, 3.8) is 0 Å². The lowest BCUT2D eigenvalue weighted by atomic mass is 9.94. The summed E-state index contributed by atoms with van der Waals surface area (Å²) >= 11 is 0. The van der Waals surface area contributed by atoms with Gasteiger partial charge in [-0.2, -0.15) is 0 Å². The van der Waals surface area contributed by atoms with Crippen molar-refractivity contribution in [1.82, 2.24) is 10.2 Å². The van der Waals surface area contributed by atoms with E-state index in [1.807, 2.05) is 0 Å². The van der Waals surface area contributed by atoms with Gasteiger partial charge in [-0.3, -0.25) is 0 Å². The molecule has 1 aromatic carbocycles. The van der Waals surface area contributed by atoms with Crippen molar-refractivity contribution >= 4 is 0 Å². The minimum atomic E-state index is 0.537. The zero-order chi connectivity index (χ0) is 14.4. The Balaban J connectivity index is 2.83. The molecule has 2 nitrogen and oxygen atoms in total. The highest BCUT2D eigenvalue weighted by atomic mass is 15.1. The van der Waals surface area contributed by atoms with Crippen LogP contribution in [0.4, 0.5) is 0 Å². The summed E-state index contributed by atoms with van der Waals surface area (Å²) in [5.74, 6) is 0. The molecular formula is C17H30N2. The molecule has 19 heavy (non-hydrogen) atoms. The summed E-state index contributed by atoms with van der Waals surface area (Å²) in [6, 6.07) is 5.14. The first-order chi connectivity index (χ1) is 8.93. The Morgan fingerprint density at radius 3 is 2.16 bits per heavy atom. The summed E-state index contributed by atoms with van der Waals surface area (Å²) in [7, 11) is 4.30. The highest BCUT2D eigenvalue weighted by molar-refractivity contribution is 5.38. The summed E-state index contributed by atoms with van der Waals surface area (Å²) in [4.78, 5) is 2.27. The molecule has 1 atom stereocenters. The predicted molar refractivity (Wildman–Crippen MR) is 85.0 cm³/mol. The van der Waals surface area contributed by atoms with Crippen LogP contribution in [0.25, 0.3) is 0 Å². The molecule has 0 aliphatic carbocycles. The standard InChI is InChI=1S/C17H30N2/c1-7-8-18-16(12-19(5)6)11-17-14(3)9-13(2)10-15(17)4/h9-10,16,18H,7-8,11-12H2,1-6H3. The molecule has 0 heterocycles. The molecule has 0 spiro atoms. The van der Waals surface area contributed by atoms with Gasteiger partial charge in [-0.15, -0.1) is 0 Å². The third-order valence-corrected chi connectivity index (χ3v) is 3.56. The number of rotatable bonds is 7. The van der Waals surface area contributed by atoms with E-state index in [4.69, 9.17) is 0 Å². The fourth-order valence-electron chi connectivity index (χ4n) is 2.77. The molecule has 0 aliphatic heterocycles. The predicted octanol–water partition coefficient (Wildman–Crippen LogP) is 3.08. The second-order valence-corrected chi connectivity index (χ2v) is 5.99. The van der Waals surface area contributed by atoms with Gasteiger partial charge >= 0.3 is 0 Å². The number of likely N-dealkylation sites (N-methyl/N-ethyl adjacent to an activating group) is 1. The fraction of sp³-hybridized carbons (Fsp3) is 0.647. The van der Waals surface area contributed by atoms with Crippen LogP contribution in [0.5, 0.6) is 0 Å². The lowest BCUT2D eigenvalue weighted by Crippen LogP contribution is -2.40. The fourth-order valence-corrected chi connectivity index (χ4v) is 2.77. The summed E-state index contributed by atoms with van der Waals surface area (Å²) in [6.45, 7) is 11.1. The molecule has 0 radical (unpaired) electrons. The molecule has 0 saturated carbocycles. The van der Waals surface area contributed by atoms with Gasteiger partial charge in [0.25, 0.3) is 0 Å². The number of nitrogens with zero attached hydrogens (tertiary/aromatic N) is 1. The SMILES string of the molecule is CCCNC(Cc1c(C)cc(C)cc1C)CN(C)C. The van der Waals surface area contributed by atoms with Crippen LogP contribution >= 0.6 is 0 Å². The van der Waals surface area contributed by atoms with Crippen LogP contribution in [0.15, 0.2) is 12.1 Å². The molecule has 1 aromatic rings. The van der Waals surface area contributed by atoms with E-state index in [2.05, 4.69) is 64.1 Å². The maximum atomic E-state index is 3.68. The first kappa shape index (κ1) is 16.2. The van der Waals surface area contributed by atoms with Gasteiger partial charge < -0.3 is 10.2 Å². The largest absolute Gasteiger partial charge is 0.312 e. The first-order valence-electron chi connectivity index (χ1n) is 7.38. The number of benzene rings is 1. The van der Waals surface area contributed by atoms with Gasteiger partial charge in [-0.1, -0.05) is 24.6 Å². The van der Waals surface area contributed by atoms with Crippen molar-refractivity contribution in [1.29, 1.82) is 0 Å². The second-order valence-electron chi connectivity index (χ2n) is 5.99. The molecule has 0 aromatic heterocycles. The Morgan fingerprint density at radius 2 is 1.68 bits per heavy atom. The normalized spacial score (nSPS) is 13.0. The zero-order valence-corrected chi connectivity index (χ0v) is 13.5. The summed E-state index contributed by atoms with van der Waals surface area (Å²) in [5, 5.41) is 3.68. The third kappa shape index (κ3) is 5.33. The molecule has 2 heteroatoms. The van der Waals surface area contributed by atoms with Crippen LogP contribution in [0.2, 0.25) is 0 Å². The second kappa shape index (κ2) is 7.66. The van der Waals surface area contributed by atoms with E-state index in [1.54, 1.807) is 0 Å². The molecule has 1 rings (SSSR count). The zero-order valence-electron chi connectivity index (χ0n) is 13.5. The molecule has 108 valence electrons. The average Bonchev–Trinajstić information content (AvgIpc) is 2.29. The van der Waals surface area contributed by atoms with E-state index in [1.165, 1.54) is 28.7 Å². The van der Waals surface area contributed by atoms with Crippen LogP contribution in [0.1, 0.15) is 35.6 Å². The van der Waals surface area contributed by atoms with E-state index in [0.29, 0.717) is 6.04 Å². The Morgan fingerprint density at radius 1 is 1.11 bits per heavy atom. The van der Waals surface area contributed by atoms with Crippen molar-refractivity contribution < 1.29 is 0 Å². The maximum absolute atomic E-state index is 3.68. The number of hydrogen-bond donors (Lipinski definition) is 1. The molecule has 0 bridgehead atoms. The Kier molecular flexibility index (Phi) is 6.53. The van der Waals surface area contributed by atoms with Crippen molar-refractivity contribution in [2.24, 2.45) is 0 Å².